The number of carbonyl (C=O) groups excluding carboxylic acids is 1. The van der Waals surface area contributed by atoms with E-state index >= 15 is 0 Å². The van der Waals surface area contributed by atoms with Crippen LogP contribution in [0.4, 0.5) is 0 Å². The second kappa shape index (κ2) is 9.62. The van der Waals surface area contributed by atoms with Gasteiger partial charge >= 0.3 is 5.97 Å². The molecule has 0 spiro atoms. The number of carbonyl (C=O) groups is 2. The van der Waals surface area contributed by atoms with Crippen molar-refractivity contribution in [2.45, 2.75) is 39.2 Å². The van der Waals surface area contributed by atoms with Crippen LogP contribution in [0.2, 0.25) is 0 Å². The largest absolute Gasteiger partial charge is 0.481 e. The second-order valence-electron chi connectivity index (χ2n) is 6.28. The summed E-state index contributed by atoms with van der Waals surface area (Å²) in [7, 11) is 0. The van der Waals surface area contributed by atoms with E-state index in [0.717, 1.165) is 23.1 Å². The van der Waals surface area contributed by atoms with Gasteiger partial charge in [0.25, 0.3) is 0 Å². The topological polar surface area (TPSA) is 66.4 Å². The Morgan fingerprint density at radius 3 is 2.20 bits per heavy atom. The Bertz CT molecular complexity index is 680. The van der Waals surface area contributed by atoms with Gasteiger partial charge in [0.15, 0.2) is 0 Å². The van der Waals surface area contributed by atoms with Gasteiger partial charge in [-0.2, -0.15) is 0 Å². The molecule has 2 rings (SSSR count). The van der Waals surface area contributed by atoms with Crippen molar-refractivity contribution in [2.75, 3.05) is 0 Å². The maximum absolute atomic E-state index is 12.0. The molecule has 4 nitrogen and oxygen atoms in total. The summed E-state index contributed by atoms with van der Waals surface area (Å²) in [6.07, 6.45) is 2.39. The van der Waals surface area contributed by atoms with Gasteiger partial charge in [0.05, 0.1) is 12.3 Å². The number of aliphatic carboxylic acids is 1. The first kappa shape index (κ1) is 18.7. The van der Waals surface area contributed by atoms with Crippen molar-refractivity contribution in [3.8, 4) is 0 Å². The summed E-state index contributed by atoms with van der Waals surface area (Å²) >= 11 is 0. The highest BCUT2D eigenvalue weighted by molar-refractivity contribution is 5.78. The molecule has 2 aromatic rings. The third kappa shape index (κ3) is 6.42. The molecule has 2 aromatic carbocycles. The first-order chi connectivity index (χ1) is 12.1. The van der Waals surface area contributed by atoms with E-state index in [0.29, 0.717) is 25.8 Å². The summed E-state index contributed by atoms with van der Waals surface area (Å²) in [5.41, 5.74) is 2.99. The Balaban J connectivity index is 1.85. The fraction of sp³-hybridized carbons (Fsp3) is 0.333. The van der Waals surface area contributed by atoms with Gasteiger partial charge < -0.3 is 10.4 Å². The van der Waals surface area contributed by atoms with E-state index < -0.39 is 5.97 Å². The molecule has 1 amide bonds. The van der Waals surface area contributed by atoms with Crippen molar-refractivity contribution in [1.82, 2.24) is 5.32 Å². The molecule has 0 radical (unpaired) electrons. The molecule has 0 saturated heterocycles. The monoisotopic (exact) mass is 339 g/mol. The Kier molecular flexibility index (Phi) is 7.20. The highest BCUT2D eigenvalue weighted by Gasteiger charge is 2.16. The molecule has 1 unspecified atom stereocenters. The number of carboxylic acid groups (broad SMARTS) is 1. The summed E-state index contributed by atoms with van der Waals surface area (Å²) in [4.78, 5) is 23.3. The Morgan fingerprint density at radius 2 is 1.60 bits per heavy atom. The average molecular weight is 339 g/mol. The number of rotatable bonds is 9. The predicted molar refractivity (Wildman–Crippen MR) is 98.2 cm³/mol. The van der Waals surface area contributed by atoms with Crippen LogP contribution >= 0.6 is 0 Å². The van der Waals surface area contributed by atoms with E-state index in [2.05, 4.69) is 5.32 Å². The summed E-state index contributed by atoms with van der Waals surface area (Å²) < 4.78 is 0. The van der Waals surface area contributed by atoms with Gasteiger partial charge in [-0.25, -0.2) is 0 Å². The zero-order valence-electron chi connectivity index (χ0n) is 14.6. The van der Waals surface area contributed by atoms with Gasteiger partial charge in [-0.1, -0.05) is 67.9 Å². The van der Waals surface area contributed by atoms with Crippen LogP contribution in [0.3, 0.4) is 0 Å². The first-order valence-corrected chi connectivity index (χ1v) is 8.69. The number of benzene rings is 2. The fourth-order valence-electron chi connectivity index (χ4n) is 2.78. The molecular weight excluding hydrogens is 314 g/mol. The van der Waals surface area contributed by atoms with E-state index in [9.17, 15) is 14.7 Å². The van der Waals surface area contributed by atoms with Gasteiger partial charge in [-0.3, -0.25) is 9.59 Å². The molecule has 0 aromatic heterocycles. The SMILES string of the molecule is CCCC(Cc1ccc(CC(=O)NCc2ccccc2)cc1)C(=O)O. The van der Waals surface area contributed by atoms with E-state index in [1.807, 2.05) is 61.5 Å². The molecular formula is C21H25NO3. The lowest BCUT2D eigenvalue weighted by molar-refractivity contribution is -0.142. The number of amides is 1. The molecule has 0 aliphatic rings. The third-order valence-electron chi connectivity index (χ3n) is 4.19. The highest BCUT2D eigenvalue weighted by Crippen LogP contribution is 2.15. The zero-order valence-corrected chi connectivity index (χ0v) is 14.6. The van der Waals surface area contributed by atoms with Gasteiger partial charge in [-0.15, -0.1) is 0 Å². The van der Waals surface area contributed by atoms with Crippen LogP contribution in [0, 0.1) is 5.92 Å². The van der Waals surface area contributed by atoms with Crippen LogP contribution < -0.4 is 5.32 Å². The minimum absolute atomic E-state index is 0.0222. The van der Waals surface area contributed by atoms with E-state index in [1.165, 1.54) is 0 Å². The molecule has 0 fully saturated rings. The first-order valence-electron chi connectivity index (χ1n) is 8.69. The summed E-state index contributed by atoms with van der Waals surface area (Å²) in [6.45, 7) is 2.52. The molecule has 25 heavy (non-hydrogen) atoms. The molecule has 1 atom stereocenters. The zero-order chi connectivity index (χ0) is 18.1. The van der Waals surface area contributed by atoms with E-state index in [-0.39, 0.29) is 11.8 Å². The van der Waals surface area contributed by atoms with Crippen molar-refractivity contribution in [3.63, 3.8) is 0 Å². The van der Waals surface area contributed by atoms with Gasteiger partial charge in [0.2, 0.25) is 5.91 Å². The summed E-state index contributed by atoms with van der Waals surface area (Å²) in [5.74, 6) is -1.11. The molecule has 0 saturated carbocycles. The van der Waals surface area contributed by atoms with Gasteiger partial charge in [0, 0.05) is 6.54 Å². The maximum atomic E-state index is 12.0. The Hall–Kier alpha value is -2.62. The van der Waals surface area contributed by atoms with Crippen molar-refractivity contribution in [1.29, 1.82) is 0 Å². The van der Waals surface area contributed by atoms with Crippen LogP contribution in [0.1, 0.15) is 36.5 Å². The maximum Gasteiger partial charge on any atom is 0.306 e. The van der Waals surface area contributed by atoms with Crippen molar-refractivity contribution < 1.29 is 14.7 Å². The summed E-state index contributed by atoms with van der Waals surface area (Å²) in [6, 6.07) is 17.4. The number of hydrogen-bond donors (Lipinski definition) is 2. The standard InChI is InChI=1S/C21H25NO3/c1-2-6-19(21(24)25)13-16-9-11-17(12-10-16)14-20(23)22-15-18-7-4-3-5-8-18/h3-5,7-12,19H,2,6,13-15H2,1H3,(H,22,23)(H,24,25). The average Bonchev–Trinajstić information content (AvgIpc) is 2.62. The predicted octanol–water partition coefficient (Wildman–Crippen LogP) is 3.59. The van der Waals surface area contributed by atoms with Crippen molar-refractivity contribution in [3.05, 3.63) is 71.3 Å². The van der Waals surface area contributed by atoms with E-state index in [1.54, 1.807) is 0 Å². The molecule has 0 heterocycles. The highest BCUT2D eigenvalue weighted by atomic mass is 16.4. The second-order valence-corrected chi connectivity index (χ2v) is 6.28. The van der Waals surface area contributed by atoms with Crippen LogP contribution in [-0.4, -0.2) is 17.0 Å². The smallest absolute Gasteiger partial charge is 0.306 e. The van der Waals surface area contributed by atoms with Crippen molar-refractivity contribution >= 4 is 11.9 Å². The number of hydrogen-bond acceptors (Lipinski definition) is 2. The van der Waals surface area contributed by atoms with Crippen LogP contribution in [0.5, 0.6) is 0 Å². The van der Waals surface area contributed by atoms with Gasteiger partial charge in [-0.05, 0) is 29.5 Å². The molecule has 0 aliphatic heterocycles. The van der Waals surface area contributed by atoms with E-state index in [4.69, 9.17) is 0 Å². The molecule has 2 N–H and O–H groups in total. The molecule has 0 bridgehead atoms. The van der Waals surface area contributed by atoms with Gasteiger partial charge in [0.1, 0.15) is 0 Å². The van der Waals surface area contributed by atoms with Crippen LogP contribution in [-0.2, 0) is 29.0 Å². The third-order valence-corrected chi connectivity index (χ3v) is 4.19. The molecule has 0 aliphatic carbocycles. The van der Waals surface area contributed by atoms with Crippen molar-refractivity contribution in [2.24, 2.45) is 5.92 Å². The molecule has 4 heteroatoms. The lowest BCUT2D eigenvalue weighted by atomic mass is 9.94. The fourth-order valence-corrected chi connectivity index (χ4v) is 2.78. The van der Waals surface area contributed by atoms with Crippen LogP contribution in [0.25, 0.3) is 0 Å². The Labute approximate surface area is 148 Å². The van der Waals surface area contributed by atoms with Crippen LogP contribution in [0.15, 0.2) is 54.6 Å². The lowest BCUT2D eigenvalue weighted by Gasteiger charge is -2.11. The number of carboxylic acids is 1. The molecule has 132 valence electrons. The quantitative estimate of drug-likeness (QED) is 0.734. The summed E-state index contributed by atoms with van der Waals surface area (Å²) in [5, 5.41) is 12.1. The Morgan fingerprint density at radius 1 is 0.960 bits per heavy atom. The normalized spacial score (nSPS) is 11.7. The lowest BCUT2D eigenvalue weighted by Crippen LogP contribution is -2.24. The minimum atomic E-state index is -0.744. The number of nitrogens with one attached hydrogen (secondary N) is 1. The minimum Gasteiger partial charge on any atom is -0.481 e.